The highest BCUT2D eigenvalue weighted by atomic mass is 79.9. The van der Waals surface area contributed by atoms with Crippen LogP contribution in [0.15, 0.2) is 65.1 Å². The predicted octanol–water partition coefficient (Wildman–Crippen LogP) is 6.72. The van der Waals surface area contributed by atoms with Crippen LogP contribution in [0.1, 0.15) is 49.2 Å². The van der Waals surface area contributed by atoms with Gasteiger partial charge in [0.05, 0.1) is 5.56 Å². The molecule has 1 heterocycles. The SMILES string of the molecule is C[C@H](NC(=O)c1ccc(Br)cc1NC1(Cc2cccc(Cl)c2)C(=O)Nc2cc(Cl)ccc21)C(=O)OC(C)(C)C. The van der Waals surface area contributed by atoms with E-state index in [2.05, 4.69) is 31.9 Å². The molecule has 204 valence electrons. The number of ether oxygens (including phenoxy) is 1. The number of nitrogens with one attached hydrogen (secondary N) is 3. The molecule has 0 aliphatic carbocycles. The Bertz CT molecular complexity index is 1460. The number of benzene rings is 3. The summed E-state index contributed by atoms with van der Waals surface area (Å²) in [5.74, 6) is -1.37. The molecule has 0 saturated heterocycles. The van der Waals surface area contributed by atoms with E-state index in [1.165, 1.54) is 0 Å². The molecule has 0 saturated carbocycles. The third-order valence-corrected chi connectivity index (χ3v) is 7.08. The standard InChI is InChI=1S/C29H28BrCl2N3O4/c1-16(26(37)39-28(2,3)4)33-25(36)21-10-8-18(30)13-23(21)35-29(15-17-6-5-7-19(31)12-17)22-11-9-20(32)14-24(22)34-27(29)38/h5-14,16,35H,15H2,1-4H3,(H,33,36)(H,34,38)/t16-,29?/m0/s1. The van der Waals surface area contributed by atoms with Gasteiger partial charge in [0.1, 0.15) is 17.2 Å². The number of hydrogen-bond donors (Lipinski definition) is 3. The molecule has 0 spiro atoms. The Labute approximate surface area is 245 Å². The van der Waals surface area contributed by atoms with Crippen molar-refractivity contribution in [3.63, 3.8) is 0 Å². The number of halogens is 3. The second-order valence-electron chi connectivity index (χ2n) is 10.4. The topological polar surface area (TPSA) is 96.5 Å². The largest absolute Gasteiger partial charge is 0.458 e. The molecular weight excluding hydrogens is 605 g/mol. The van der Waals surface area contributed by atoms with Gasteiger partial charge >= 0.3 is 5.97 Å². The van der Waals surface area contributed by atoms with Crippen molar-refractivity contribution in [2.24, 2.45) is 0 Å². The van der Waals surface area contributed by atoms with Gasteiger partial charge < -0.3 is 20.7 Å². The second-order valence-corrected chi connectivity index (χ2v) is 12.2. The van der Waals surface area contributed by atoms with E-state index in [9.17, 15) is 14.4 Å². The Hall–Kier alpha value is -3.07. The van der Waals surface area contributed by atoms with E-state index in [0.29, 0.717) is 31.5 Å². The van der Waals surface area contributed by atoms with Crippen LogP contribution >= 0.6 is 39.1 Å². The zero-order valence-electron chi connectivity index (χ0n) is 21.8. The van der Waals surface area contributed by atoms with E-state index >= 15 is 0 Å². The highest BCUT2D eigenvalue weighted by Crippen LogP contribution is 2.43. The van der Waals surface area contributed by atoms with Crippen molar-refractivity contribution in [2.75, 3.05) is 10.6 Å². The third kappa shape index (κ3) is 6.57. The average molecular weight is 633 g/mol. The van der Waals surface area contributed by atoms with Gasteiger partial charge in [-0.25, -0.2) is 4.79 Å². The second kappa shape index (κ2) is 11.2. The van der Waals surface area contributed by atoms with Gasteiger partial charge in [0, 0.05) is 37.9 Å². The Morgan fingerprint density at radius 3 is 2.46 bits per heavy atom. The lowest BCUT2D eigenvalue weighted by molar-refractivity contribution is -0.156. The predicted molar refractivity (Wildman–Crippen MR) is 157 cm³/mol. The van der Waals surface area contributed by atoms with Crippen LogP contribution < -0.4 is 16.0 Å². The molecule has 0 aromatic heterocycles. The van der Waals surface area contributed by atoms with Gasteiger partial charge in [-0.3, -0.25) is 9.59 Å². The molecule has 7 nitrogen and oxygen atoms in total. The first kappa shape index (κ1) is 28.9. The number of rotatable bonds is 7. The lowest BCUT2D eigenvalue weighted by atomic mass is 9.84. The summed E-state index contributed by atoms with van der Waals surface area (Å²) in [6.45, 7) is 6.83. The molecule has 10 heteroatoms. The Morgan fingerprint density at radius 1 is 1.05 bits per heavy atom. The molecule has 4 rings (SSSR count). The lowest BCUT2D eigenvalue weighted by Crippen LogP contribution is -2.45. The van der Waals surface area contributed by atoms with Crippen LogP contribution in [0.3, 0.4) is 0 Å². The molecule has 0 bridgehead atoms. The number of anilines is 2. The van der Waals surface area contributed by atoms with Crippen molar-refractivity contribution < 1.29 is 19.1 Å². The van der Waals surface area contributed by atoms with Gasteiger partial charge in [-0.2, -0.15) is 0 Å². The maximum Gasteiger partial charge on any atom is 0.328 e. The molecule has 3 N–H and O–H groups in total. The quantitative estimate of drug-likeness (QED) is 0.251. The number of carbonyl (C=O) groups is 3. The smallest absolute Gasteiger partial charge is 0.328 e. The molecule has 39 heavy (non-hydrogen) atoms. The molecule has 0 radical (unpaired) electrons. The summed E-state index contributed by atoms with van der Waals surface area (Å²) in [5, 5.41) is 10.0. The van der Waals surface area contributed by atoms with Crippen LogP contribution in [0, 0.1) is 0 Å². The van der Waals surface area contributed by atoms with Gasteiger partial charge in [-0.15, -0.1) is 0 Å². The number of carbonyl (C=O) groups excluding carboxylic acids is 3. The Balaban J connectivity index is 1.74. The molecule has 1 aliphatic rings. The normalized spacial score (nSPS) is 17.2. The molecule has 2 amide bonds. The minimum atomic E-state index is -1.29. The van der Waals surface area contributed by atoms with Gasteiger partial charge in [0.25, 0.3) is 11.8 Å². The summed E-state index contributed by atoms with van der Waals surface area (Å²) in [6, 6.07) is 16.6. The summed E-state index contributed by atoms with van der Waals surface area (Å²) in [4.78, 5) is 39.6. The van der Waals surface area contributed by atoms with E-state index in [1.807, 2.05) is 12.1 Å². The van der Waals surface area contributed by atoms with E-state index in [0.717, 1.165) is 5.56 Å². The zero-order valence-corrected chi connectivity index (χ0v) is 24.9. The minimum Gasteiger partial charge on any atom is -0.458 e. The molecule has 2 atom stereocenters. The number of hydrogen-bond acceptors (Lipinski definition) is 5. The number of fused-ring (bicyclic) bond motifs is 1. The molecule has 1 aliphatic heterocycles. The van der Waals surface area contributed by atoms with Crippen LogP contribution in [-0.4, -0.2) is 29.4 Å². The van der Waals surface area contributed by atoms with Crippen LogP contribution in [-0.2, 0) is 26.3 Å². The van der Waals surface area contributed by atoms with Crippen LogP contribution in [0.2, 0.25) is 10.0 Å². The first-order chi connectivity index (χ1) is 18.3. The lowest BCUT2D eigenvalue weighted by Gasteiger charge is -2.31. The molecule has 3 aromatic rings. The fourth-order valence-electron chi connectivity index (χ4n) is 4.41. The van der Waals surface area contributed by atoms with Gasteiger partial charge in [-0.05, 0) is 75.7 Å². The monoisotopic (exact) mass is 631 g/mol. The minimum absolute atomic E-state index is 0.232. The fraction of sp³-hybridized carbons (Fsp3) is 0.276. The van der Waals surface area contributed by atoms with Crippen molar-refractivity contribution in [3.8, 4) is 0 Å². The summed E-state index contributed by atoms with van der Waals surface area (Å²) in [7, 11) is 0. The Morgan fingerprint density at radius 2 is 1.77 bits per heavy atom. The summed E-state index contributed by atoms with van der Waals surface area (Å²) >= 11 is 16.0. The number of amides is 2. The average Bonchev–Trinajstić information content (AvgIpc) is 3.07. The molecule has 3 aromatic carbocycles. The van der Waals surface area contributed by atoms with Crippen LogP contribution in [0.5, 0.6) is 0 Å². The van der Waals surface area contributed by atoms with Crippen molar-refractivity contribution in [1.82, 2.24) is 5.32 Å². The maximum absolute atomic E-state index is 13.7. The first-order valence-electron chi connectivity index (χ1n) is 12.2. The summed E-state index contributed by atoms with van der Waals surface area (Å²) in [5.41, 5.74) is 0.697. The molecule has 0 fully saturated rings. The maximum atomic E-state index is 13.7. The van der Waals surface area contributed by atoms with Gasteiger partial charge in [0.15, 0.2) is 0 Å². The zero-order chi connectivity index (χ0) is 28.5. The van der Waals surface area contributed by atoms with E-state index < -0.39 is 29.1 Å². The fourth-order valence-corrected chi connectivity index (χ4v) is 5.16. The van der Waals surface area contributed by atoms with Gasteiger partial charge in [0.2, 0.25) is 0 Å². The van der Waals surface area contributed by atoms with E-state index in [4.69, 9.17) is 27.9 Å². The van der Waals surface area contributed by atoms with Crippen molar-refractivity contribution in [1.29, 1.82) is 0 Å². The van der Waals surface area contributed by atoms with Crippen molar-refractivity contribution in [3.05, 3.63) is 91.9 Å². The highest BCUT2D eigenvalue weighted by Gasteiger charge is 2.47. The van der Waals surface area contributed by atoms with Crippen molar-refractivity contribution in [2.45, 2.75) is 51.3 Å². The summed E-state index contributed by atoms with van der Waals surface area (Å²) < 4.78 is 6.09. The molecular formula is C29H28BrCl2N3O4. The molecule has 1 unspecified atom stereocenters. The number of esters is 1. The third-order valence-electron chi connectivity index (χ3n) is 6.12. The highest BCUT2D eigenvalue weighted by molar-refractivity contribution is 9.10. The Kier molecular flexibility index (Phi) is 8.30. The van der Waals surface area contributed by atoms with E-state index in [1.54, 1.807) is 76.2 Å². The van der Waals surface area contributed by atoms with Crippen molar-refractivity contribution >= 4 is 68.3 Å². The first-order valence-corrected chi connectivity index (χ1v) is 13.8. The van der Waals surface area contributed by atoms with E-state index in [-0.39, 0.29) is 17.9 Å². The van der Waals surface area contributed by atoms with Crippen LogP contribution in [0.25, 0.3) is 0 Å². The van der Waals surface area contributed by atoms with Gasteiger partial charge in [-0.1, -0.05) is 57.3 Å². The van der Waals surface area contributed by atoms with Crippen LogP contribution in [0.4, 0.5) is 11.4 Å². The summed E-state index contributed by atoms with van der Waals surface area (Å²) in [6.07, 6.45) is 0.232.